The van der Waals surface area contributed by atoms with Crippen molar-refractivity contribution in [2.24, 2.45) is 0 Å². The molecule has 2 N–H and O–H groups in total. The van der Waals surface area contributed by atoms with E-state index in [9.17, 15) is 0 Å². The second-order valence-corrected chi connectivity index (χ2v) is 4.69. The van der Waals surface area contributed by atoms with Crippen molar-refractivity contribution in [3.8, 4) is 0 Å². The van der Waals surface area contributed by atoms with Crippen LogP contribution in [0.1, 0.15) is 19.8 Å². The van der Waals surface area contributed by atoms with E-state index in [2.05, 4.69) is 27.4 Å². The molecule has 0 aromatic rings. The molecule has 2 aliphatic heterocycles. The lowest BCUT2D eigenvalue weighted by atomic mass is 10.2. The molecule has 0 radical (unpaired) electrons. The van der Waals surface area contributed by atoms with Crippen molar-refractivity contribution in [1.82, 2.24) is 20.4 Å². The minimum absolute atomic E-state index is 0.741. The van der Waals surface area contributed by atoms with Crippen LogP contribution in [-0.2, 0) is 0 Å². The Balaban J connectivity index is 1.78. The molecule has 0 spiro atoms. The summed E-state index contributed by atoms with van der Waals surface area (Å²) in [4.78, 5) is 4.96. The van der Waals surface area contributed by atoms with Crippen LogP contribution in [0, 0.1) is 0 Å². The van der Waals surface area contributed by atoms with Gasteiger partial charge in [0.15, 0.2) is 5.11 Å². The number of hydrogen-bond donors (Lipinski definition) is 2. The van der Waals surface area contributed by atoms with Gasteiger partial charge in [-0.2, -0.15) is 0 Å². The zero-order valence-corrected chi connectivity index (χ0v) is 10.1. The quantitative estimate of drug-likeness (QED) is 0.672. The maximum atomic E-state index is 5.03. The third-order valence-electron chi connectivity index (χ3n) is 3.30. The molecule has 2 rings (SSSR count). The molecule has 1 atom stereocenters. The Labute approximate surface area is 97.0 Å². The third-order valence-corrected chi connectivity index (χ3v) is 3.59. The van der Waals surface area contributed by atoms with Gasteiger partial charge >= 0.3 is 0 Å². The van der Waals surface area contributed by atoms with Crippen molar-refractivity contribution in [3.63, 3.8) is 0 Å². The van der Waals surface area contributed by atoms with Gasteiger partial charge in [0.1, 0.15) is 0 Å². The third kappa shape index (κ3) is 2.80. The van der Waals surface area contributed by atoms with Crippen molar-refractivity contribution in [2.45, 2.75) is 25.8 Å². The predicted octanol–water partition coefficient (Wildman–Crippen LogP) is 0.165. The van der Waals surface area contributed by atoms with Crippen molar-refractivity contribution < 1.29 is 0 Å². The first kappa shape index (κ1) is 11.1. The molecule has 2 heterocycles. The Morgan fingerprint density at radius 3 is 2.80 bits per heavy atom. The van der Waals surface area contributed by atoms with Gasteiger partial charge in [-0.05, 0) is 38.1 Å². The van der Waals surface area contributed by atoms with Gasteiger partial charge < -0.3 is 10.6 Å². The van der Waals surface area contributed by atoms with Gasteiger partial charge in [-0.15, -0.1) is 0 Å². The summed E-state index contributed by atoms with van der Waals surface area (Å²) < 4.78 is 0. The lowest BCUT2D eigenvalue weighted by Crippen LogP contribution is -2.56. The summed E-state index contributed by atoms with van der Waals surface area (Å²) in [5.41, 5.74) is 0. The molecule has 0 aliphatic carbocycles. The Hall–Kier alpha value is -0.390. The van der Waals surface area contributed by atoms with Gasteiger partial charge in [0.2, 0.25) is 0 Å². The molecule has 5 heteroatoms. The number of likely N-dealkylation sites (N-methyl/N-ethyl adjacent to an activating group) is 1. The van der Waals surface area contributed by atoms with Crippen molar-refractivity contribution >= 4 is 17.3 Å². The highest BCUT2D eigenvalue weighted by molar-refractivity contribution is 7.80. The number of thiocarbonyl (C=S) groups is 1. The molecule has 0 bridgehead atoms. The SMILES string of the molecule is CCN1CCCC1CN1CNC(=S)NC1. The van der Waals surface area contributed by atoms with E-state index >= 15 is 0 Å². The molecule has 0 aromatic heterocycles. The fraction of sp³-hybridized carbons (Fsp3) is 0.900. The summed E-state index contributed by atoms with van der Waals surface area (Å²) in [6.45, 7) is 7.63. The van der Waals surface area contributed by atoms with Crippen molar-refractivity contribution in [3.05, 3.63) is 0 Å². The summed E-state index contributed by atoms with van der Waals surface area (Å²) in [5.74, 6) is 0. The molecule has 2 saturated heterocycles. The molecule has 0 saturated carbocycles. The van der Waals surface area contributed by atoms with Crippen LogP contribution in [-0.4, -0.2) is 53.9 Å². The lowest BCUT2D eigenvalue weighted by molar-refractivity contribution is 0.163. The van der Waals surface area contributed by atoms with Crippen LogP contribution in [0.5, 0.6) is 0 Å². The average molecular weight is 228 g/mol. The summed E-state index contributed by atoms with van der Waals surface area (Å²) in [7, 11) is 0. The van der Waals surface area contributed by atoms with E-state index in [1.54, 1.807) is 0 Å². The fourth-order valence-corrected chi connectivity index (χ4v) is 2.56. The second kappa shape index (κ2) is 5.09. The number of likely N-dealkylation sites (tertiary alicyclic amines) is 1. The summed E-state index contributed by atoms with van der Waals surface area (Å²) >= 11 is 5.03. The zero-order valence-electron chi connectivity index (χ0n) is 9.33. The zero-order chi connectivity index (χ0) is 10.7. The number of rotatable bonds is 3. The number of nitrogens with zero attached hydrogens (tertiary/aromatic N) is 2. The highest BCUT2D eigenvalue weighted by Crippen LogP contribution is 2.17. The summed E-state index contributed by atoms with van der Waals surface area (Å²) in [5, 5.41) is 7.12. The van der Waals surface area contributed by atoms with Gasteiger partial charge in [-0.3, -0.25) is 9.80 Å². The highest BCUT2D eigenvalue weighted by Gasteiger charge is 2.25. The molecule has 1 unspecified atom stereocenters. The van der Waals surface area contributed by atoms with E-state index in [1.165, 1.54) is 25.9 Å². The molecule has 0 aromatic carbocycles. The first-order valence-electron chi connectivity index (χ1n) is 5.77. The molecular formula is C10H20N4S. The van der Waals surface area contributed by atoms with Crippen LogP contribution in [0.15, 0.2) is 0 Å². The van der Waals surface area contributed by atoms with E-state index in [4.69, 9.17) is 12.2 Å². The molecule has 4 nitrogen and oxygen atoms in total. The van der Waals surface area contributed by atoms with Crippen LogP contribution in [0.25, 0.3) is 0 Å². The van der Waals surface area contributed by atoms with Crippen LogP contribution in [0.4, 0.5) is 0 Å². The molecule has 2 aliphatic rings. The topological polar surface area (TPSA) is 30.5 Å². The van der Waals surface area contributed by atoms with Gasteiger partial charge in [-0.1, -0.05) is 6.92 Å². The van der Waals surface area contributed by atoms with E-state index in [0.717, 1.165) is 31.0 Å². The van der Waals surface area contributed by atoms with Gasteiger partial charge in [0.25, 0.3) is 0 Å². The monoisotopic (exact) mass is 228 g/mol. The Morgan fingerprint density at radius 1 is 1.40 bits per heavy atom. The van der Waals surface area contributed by atoms with Gasteiger partial charge in [0, 0.05) is 12.6 Å². The first-order chi connectivity index (χ1) is 7.29. The Morgan fingerprint density at radius 2 is 2.13 bits per heavy atom. The molecule has 0 amide bonds. The summed E-state index contributed by atoms with van der Waals surface area (Å²) in [6, 6.07) is 0.741. The molecule has 2 fully saturated rings. The standard InChI is InChI=1S/C10H20N4S/c1-2-14-5-3-4-9(14)6-13-7-11-10(15)12-8-13/h9H,2-8H2,1H3,(H2,11,12,15). The Bertz CT molecular complexity index is 223. The van der Waals surface area contributed by atoms with Crippen molar-refractivity contribution in [2.75, 3.05) is 33.0 Å². The average Bonchev–Trinajstić information content (AvgIpc) is 2.69. The largest absolute Gasteiger partial charge is 0.350 e. The van der Waals surface area contributed by atoms with E-state index < -0.39 is 0 Å². The molecule has 15 heavy (non-hydrogen) atoms. The maximum Gasteiger partial charge on any atom is 0.168 e. The minimum Gasteiger partial charge on any atom is -0.350 e. The summed E-state index contributed by atoms with van der Waals surface area (Å²) in [6.07, 6.45) is 2.69. The van der Waals surface area contributed by atoms with Crippen LogP contribution in [0.3, 0.4) is 0 Å². The van der Waals surface area contributed by atoms with Crippen LogP contribution < -0.4 is 10.6 Å². The van der Waals surface area contributed by atoms with E-state index in [-0.39, 0.29) is 0 Å². The second-order valence-electron chi connectivity index (χ2n) is 4.28. The highest BCUT2D eigenvalue weighted by atomic mass is 32.1. The predicted molar refractivity (Wildman–Crippen MR) is 65.6 cm³/mol. The van der Waals surface area contributed by atoms with Crippen LogP contribution >= 0.6 is 12.2 Å². The molecular weight excluding hydrogens is 208 g/mol. The fourth-order valence-electron chi connectivity index (χ4n) is 2.43. The smallest absolute Gasteiger partial charge is 0.168 e. The normalized spacial score (nSPS) is 28.9. The minimum atomic E-state index is 0.741. The Kier molecular flexibility index (Phi) is 3.77. The molecule has 86 valence electrons. The van der Waals surface area contributed by atoms with E-state index in [1.807, 2.05) is 0 Å². The maximum absolute atomic E-state index is 5.03. The number of hydrogen-bond acceptors (Lipinski definition) is 3. The van der Waals surface area contributed by atoms with Gasteiger partial charge in [0.05, 0.1) is 13.3 Å². The lowest BCUT2D eigenvalue weighted by Gasteiger charge is -2.33. The van der Waals surface area contributed by atoms with Crippen LogP contribution in [0.2, 0.25) is 0 Å². The van der Waals surface area contributed by atoms with Crippen molar-refractivity contribution in [1.29, 1.82) is 0 Å². The van der Waals surface area contributed by atoms with Gasteiger partial charge in [-0.25, -0.2) is 0 Å². The number of nitrogens with one attached hydrogen (secondary N) is 2. The first-order valence-corrected chi connectivity index (χ1v) is 6.18. The van der Waals surface area contributed by atoms with E-state index in [0.29, 0.717) is 0 Å².